The van der Waals surface area contributed by atoms with E-state index in [1.165, 1.54) is 23.1 Å². The van der Waals surface area contributed by atoms with Crippen LogP contribution < -0.4 is 5.32 Å². The Hall–Kier alpha value is -3.23. The molecule has 2 amide bonds. The van der Waals surface area contributed by atoms with Crippen LogP contribution in [0.1, 0.15) is 41.9 Å². The maximum atomic E-state index is 12.9. The van der Waals surface area contributed by atoms with Crippen LogP contribution >= 0.6 is 0 Å². The zero-order valence-corrected chi connectivity index (χ0v) is 15.7. The summed E-state index contributed by atoms with van der Waals surface area (Å²) in [5, 5.41) is 17.4. The predicted molar refractivity (Wildman–Crippen MR) is 98.5 cm³/mol. The normalized spacial score (nSPS) is 11.7. The van der Waals surface area contributed by atoms with Gasteiger partial charge in [0.15, 0.2) is 5.82 Å². The second-order valence-electron chi connectivity index (χ2n) is 6.32. The molecule has 0 aliphatic heterocycles. The number of hydrogen-bond donors (Lipinski definition) is 1. The number of hydrogen-bond acceptors (Lipinski definition) is 6. The minimum atomic E-state index is -0.528. The van der Waals surface area contributed by atoms with Crippen molar-refractivity contribution in [2.24, 2.45) is 0 Å². The molecule has 1 atom stereocenters. The maximum absolute atomic E-state index is 12.9. The average molecular weight is 374 g/mol. The molecule has 0 radical (unpaired) electrons. The molecule has 0 spiro atoms. The Kier molecular flexibility index (Phi) is 6.27. The van der Waals surface area contributed by atoms with Crippen LogP contribution in [0.25, 0.3) is 0 Å². The van der Waals surface area contributed by atoms with E-state index in [9.17, 15) is 19.7 Å². The first kappa shape index (κ1) is 20.1. The summed E-state index contributed by atoms with van der Waals surface area (Å²) in [5.74, 6) is -0.0651. The van der Waals surface area contributed by atoms with Gasteiger partial charge in [0.1, 0.15) is 12.3 Å². The zero-order valence-electron chi connectivity index (χ0n) is 15.7. The summed E-state index contributed by atoms with van der Waals surface area (Å²) in [7, 11) is 0. The van der Waals surface area contributed by atoms with Gasteiger partial charge < -0.3 is 14.7 Å². The first-order valence-corrected chi connectivity index (χ1v) is 8.52. The first-order valence-electron chi connectivity index (χ1n) is 8.52. The van der Waals surface area contributed by atoms with Crippen molar-refractivity contribution in [3.05, 3.63) is 51.3 Å². The number of carbonyl (C=O) groups is 2. The smallest absolute Gasteiger partial charge is 0.273 e. The topological polar surface area (TPSA) is 119 Å². The van der Waals surface area contributed by atoms with Crippen molar-refractivity contribution in [2.75, 3.05) is 11.9 Å². The van der Waals surface area contributed by atoms with E-state index < -0.39 is 16.7 Å². The van der Waals surface area contributed by atoms with Crippen LogP contribution in [0.2, 0.25) is 0 Å². The second-order valence-corrected chi connectivity index (χ2v) is 6.32. The van der Waals surface area contributed by atoms with Crippen LogP contribution in [0.15, 0.2) is 28.8 Å². The Morgan fingerprint density at radius 1 is 1.33 bits per heavy atom. The molecular formula is C18H22N4O5. The number of rotatable bonds is 7. The van der Waals surface area contributed by atoms with E-state index >= 15 is 0 Å². The van der Waals surface area contributed by atoms with Crippen molar-refractivity contribution in [3.63, 3.8) is 0 Å². The quantitative estimate of drug-likeness (QED) is 0.587. The van der Waals surface area contributed by atoms with E-state index in [0.717, 1.165) is 0 Å². The van der Waals surface area contributed by atoms with E-state index in [2.05, 4.69) is 10.5 Å². The van der Waals surface area contributed by atoms with E-state index in [0.29, 0.717) is 17.7 Å². The molecule has 144 valence electrons. The summed E-state index contributed by atoms with van der Waals surface area (Å²) in [6.45, 7) is 6.80. The molecule has 27 heavy (non-hydrogen) atoms. The SMILES string of the molecule is CCC(C)N(CC(=O)Nc1cc(C)on1)C(=O)c1ccc(C)c([N+](=O)[O-])c1. The molecule has 1 unspecified atom stereocenters. The average Bonchev–Trinajstić information content (AvgIpc) is 3.03. The Morgan fingerprint density at radius 2 is 2.04 bits per heavy atom. The monoisotopic (exact) mass is 374 g/mol. The van der Waals surface area contributed by atoms with Gasteiger partial charge in [0.05, 0.1) is 4.92 Å². The summed E-state index contributed by atoms with van der Waals surface area (Å²) in [5.41, 5.74) is 0.496. The summed E-state index contributed by atoms with van der Waals surface area (Å²) >= 11 is 0. The van der Waals surface area contributed by atoms with Gasteiger partial charge in [-0.25, -0.2) is 0 Å². The highest BCUT2D eigenvalue weighted by Gasteiger charge is 2.25. The molecule has 9 nitrogen and oxygen atoms in total. The Balaban J connectivity index is 2.22. The molecule has 2 rings (SSSR count). The first-order chi connectivity index (χ1) is 12.7. The fourth-order valence-corrected chi connectivity index (χ4v) is 2.52. The lowest BCUT2D eigenvalue weighted by Gasteiger charge is -2.28. The van der Waals surface area contributed by atoms with Gasteiger partial charge in [-0.15, -0.1) is 0 Å². The van der Waals surface area contributed by atoms with Gasteiger partial charge in [-0.2, -0.15) is 0 Å². The van der Waals surface area contributed by atoms with Crippen molar-refractivity contribution in [3.8, 4) is 0 Å². The molecule has 0 aliphatic rings. The standard InChI is InChI=1S/C18H22N4O5/c1-5-12(3)21(10-17(23)19-16-8-13(4)27-20-16)18(24)14-7-6-11(2)15(9-14)22(25)26/h6-9,12H,5,10H2,1-4H3,(H,19,20,23). The van der Waals surface area contributed by atoms with Crippen molar-refractivity contribution >= 4 is 23.3 Å². The molecule has 1 N–H and O–H groups in total. The molecule has 1 aromatic carbocycles. The Morgan fingerprint density at radius 3 is 2.59 bits per heavy atom. The summed E-state index contributed by atoms with van der Waals surface area (Å²) in [6.07, 6.45) is 0.621. The third kappa shape index (κ3) is 4.90. The number of nitrogens with one attached hydrogen (secondary N) is 1. The van der Waals surface area contributed by atoms with Crippen LogP contribution in [-0.4, -0.2) is 39.4 Å². The van der Waals surface area contributed by atoms with Crippen LogP contribution in [0, 0.1) is 24.0 Å². The van der Waals surface area contributed by atoms with Gasteiger partial charge in [-0.1, -0.05) is 18.1 Å². The fourth-order valence-electron chi connectivity index (χ4n) is 2.52. The number of aromatic nitrogens is 1. The molecule has 2 aromatic rings. The molecular weight excluding hydrogens is 352 g/mol. The summed E-state index contributed by atoms with van der Waals surface area (Å²) in [4.78, 5) is 37.2. The highest BCUT2D eigenvalue weighted by Crippen LogP contribution is 2.21. The molecule has 0 bridgehead atoms. The molecule has 0 fully saturated rings. The van der Waals surface area contributed by atoms with E-state index in [4.69, 9.17) is 4.52 Å². The number of nitrogens with zero attached hydrogens (tertiary/aromatic N) is 3. The molecule has 0 aliphatic carbocycles. The van der Waals surface area contributed by atoms with Gasteiger partial charge in [-0.05, 0) is 33.3 Å². The molecule has 1 aromatic heterocycles. The number of anilines is 1. The molecule has 0 saturated heterocycles. The van der Waals surface area contributed by atoms with Crippen molar-refractivity contribution in [2.45, 2.75) is 40.2 Å². The molecule has 0 saturated carbocycles. The van der Waals surface area contributed by atoms with Gasteiger partial charge in [0, 0.05) is 29.3 Å². The minimum absolute atomic E-state index is 0.132. The minimum Gasteiger partial charge on any atom is -0.360 e. The van der Waals surface area contributed by atoms with E-state index in [1.807, 2.05) is 13.8 Å². The van der Waals surface area contributed by atoms with Gasteiger partial charge in [0.2, 0.25) is 5.91 Å². The van der Waals surface area contributed by atoms with E-state index in [-0.39, 0.29) is 29.7 Å². The van der Waals surface area contributed by atoms with Crippen LogP contribution in [0.5, 0.6) is 0 Å². The lowest BCUT2D eigenvalue weighted by atomic mass is 10.1. The highest BCUT2D eigenvalue weighted by molar-refractivity contribution is 5.99. The van der Waals surface area contributed by atoms with Crippen molar-refractivity contribution < 1.29 is 19.0 Å². The third-order valence-electron chi connectivity index (χ3n) is 4.25. The highest BCUT2D eigenvalue weighted by atomic mass is 16.6. The zero-order chi connectivity index (χ0) is 20.1. The predicted octanol–water partition coefficient (Wildman–Crippen LogP) is 3.08. The number of nitro groups is 1. The second kappa shape index (κ2) is 8.43. The van der Waals surface area contributed by atoms with Crippen molar-refractivity contribution in [1.29, 1.82) is 0 Å². The number of amides is 2. The lowest BCUT2D eigenvalue weighted by molar-refractivity contribution is -0.385. The van der Waals surface area contributed by atoms with Gasteiger partial charge in [-0.3, -0.25) is 19.7 Å². The van der Waals surface area contributed by atoms with Crippen LogP contribution in [0.3, 0.4) is 0 Å². The van der Waals surface area contributed by atoms with Crippen LogP contribution in [-0.2, 0) is 4.79 Å². The lowest BCUT2D eigenvalue weighted by Crippen LogP contribution is -2.43. The largest absolute Gasteiger partial charge is 0.360 e. The fraction of sp³-hybridized carbons (Fsp3) is 0.389. The Labute approximate surface area is 156 Å². The number of nitro benzene ring substituents is 1. The summed E-state index contributed by atoms with van der Waals surface area (Å²) < 4.78 is 4.89. The third-order valence-corrected chi connectivity index (χ3v) is 4.25. The maximum Gasteiger partial charge on any atom is 0.273 e. The molecule has 1 heterocycles. The Bertz CT molecular complexity index is 861. The van der Waals surface area contributed by atoms with Gasteiger partial charge >= 0.3 is 0 Å². The number of benzene rings is 1. The number of carbonyl (C=O) groups excluding carboxylic acids is 2. The summed E-state index contributed by atoms with van der Waals surface area (Å²) in [6, 6.07) is 5.63. The van der Waals surface area contributed by atoms with Gasteiger partial charge in [0.25, 0.3) is 11.6 Å². The number of aryl methyl sites for hydroxylation is 2. The van der Waals surface area contributed by atoms with Crippen molar-refractivity contribution in [1.82, 2.24) is 10.1 Å². The molecule has 9 heteroatoms. The van der Waals surface area contributed by atoms with E-state index in [1.54, 1.807) is 19.9 Å². The van der Waals surface area contributed by atoms with Crippen LogP contribution in [0.4, 0.5) is 11.5 Å².